The fourth-order valence-electron chi connectivity index (χ4n) is 5.59. The third kappa shape index (κ3) is 4.52. The van der Waals surface area contributed by atoms with Crippen LogP contribution in [0.3, 0.4) is 0 Å². The highest BCUT2D eigenvalue weighted by Gasteiger charge is 2.41. The predicted molar refractivity (Wildman–Crippen MR) is 110 cm³/mol. The maximum Gasteiger partial charge on any atom is 0.145 e. The van der Waals surface area contributed by atoms with Crippen LogP contribution in [0.1, 0.15) is 70.3 Å². The van der Waals surface area contributed by atoms with Crippen LogP contribution in [0.4, 0.5) is 8.78 Å². The molecule has 0 atom stereocenters. The summed E-state index contributed by atoms with van der Waals surface area (Å²) < 4.78 is 27.6. The molecule has 4 heteroatoms. The standard InChI is InChI=1S/C22H33ClF2Si/c1-15(2)12-16-4-6-19(7-5-16)26(3)10-8-17(9-11-26)18-13-20(24)22(23)21(25)14-18/h13-17,19H,4-12H2,1-3H3. The minimum Gasteiger partial charge on any atom is -0.205 e. The van der Waals surface area contributed by atoms with Crippen molar-refractivity contribution in [3.8, 4) is 0 Å². The first-order valence-electron chi connectivity index (χ1n) is 10.4. The first kappa shape index (κ1) is 20.3. The Bertz CT molecular complexity index is 592. The molecule has 1 aromatic rings. The molecule has 26 heavy (non-hydrogen) atoms. The molecule has 1 aromatic carbocycles. The van der Waals surface area contributed by atoms with Crippen LogP contribution in [-0.4, -0.2) is 8.07 Å². The summed E-state index contributed by atoms with van der Waals surface area (Å²) in [5.74, 6) is 0.834. The highest BCUT2D eigenvalue weighted by atomic mass is 35.5. The molecule has 0 bridgehead atoms. The second kappa shape index (κ2) is 8.30. The van der Waals surface area contributed by atoms with Crippen molar-refractivity contribution in [2.24, 2.45) is 11.8 Å². The van der Waals surface area contributed by atoms with Gasteiger partial charge in [0.2, 0.25) is 0 Å². The maximum absolute atomic E-state index is 13.8. The molecule has 0 N–H and O–H groups in total. The minimum atomic E-state index is -1.23. The van der Waals surface area contributed by atoms with E-state index in [4.69, 9.17) is 11.6 Å². The molecule has 1 aliphatic carbocycles. The van der Waals surface area contributed by atoms with E-state index in [0.29, 0.717) is 5.92 Å². The van der Waals surface area contributed by atoms with Gasteiger partial charge < -0.3 is 0 Å². The van der Waals surface area contributed by atoms with Gasteiger partial charge in [0.1, 0.15) is 16.7 Å². The molecule has 2 fully saturated rings. The van der Waals surface area contributed by atoms with Gasteiger partial charge in [0, 0.05) is 0 Å². The molecule has 0 amide bonds. The van der Waals surface area contributed by atoms with Crippen LogP contribution in [0.25, 0.3) is 0 Å². The second-order valence-corrected chi connectivity index (χ2v) is 15.1. The van der Waals surface area contributed by atoms with Crippen molar-refractivity contribution in [2.75, 3.05) is 0 Å². The lowest BCUT2D eigenvalue weighted by atomic mass is 9.83. The van der Waals surface area contributed by atoms with E-state index in [2.05, 4.69) is 20.4 Å². The van der Waals surface area contributed by atoms with Gasteiger partial charge in [0.25, 0.3) is 0 Å². The molecule has 0 radical (unpaired) electrons. The van der Waals surface area contributed by atoms with Gasteiger partial charge >= 0.3 is 0 Å². The van der Waals surface area contributed by atoms with Gasteiger partial charge in [-0.15, -0.1) is 0 Å². The summed E-state index contributed by atoms with van der Waals surface area (Å²) >= 11 is 5.64. The Morgan fingerprint density at radius 2 is 1.54 bits per heavy atom. The Morgan fingerprint density at radius 1 is 1.00 bits per heavy atom. The molecule has 2 aliphatic rings. The van der Waals surface area contributed by atoms with E-state index < -0.39 is 19.7 Å². The van der Waals surface area contributed by atoms with Crippen molar-refractivity contribution in [2.45, 2.75) is 88.9 Å². The Kier molecular flexibility index (Phi) is 6.49. The Hall–Kier alpha value is -0.413. The molecule has 0 aromatic heterocycles. The van der Waals surface area contributed by atoms with Crippen molar-refractivity contribution in [1.82, 2.24) is 0 Å². The summed E-state index contributed by atoms with van der Waals surface area (Å²) in [7, 11) is -1.23. The lowest BCUT2D eigenvalue weighted by Crippen LogP contribution is -2.41. The number of hydrogen-bond donors (Lipinski definition) is 0. The smallest absolute Gasteiger partial charge is 0.145 e. The zero-order valence-corrected chi connectivity index (χ0v) is 18.2. The van der Waals surface area contributed by atoms with E-state index in [1.807, 2.05) is 0 Å². The lowest BCUT2D eigenvalue weighted by Gasteiger charge is -2.44. The lowest BCUT2D eigenvalue weighted by molar-refractivity contribution is 0.300. The van der Waals surface area contributed by atoms with E-state index in [-0.39, 0.29) is 5.02 Å². The van der Waals surface area contributed by atoms with Crippen molar-refractivity contribution >= 4 is 19.7 Å². The molecular formula is C22H33ClF2Si. The zero-order valence-electron chi connectivity index (χ0n) is 16.5. The molecule has 0 spiro atoms. The van der Waals surface area contributed by atoms with Crippen LogP contribution in [-0.2, 0) is 0 Å². The molecular weight excluding hydrogens is 366 g/mol. The number of halogens is 3. The van der Waals surface area contributed by atoms with Crippen LogP contribution < -0.4 is 0 Å². The van der Waals surface area contributed by atoms with E-state index in [1.54, 1.807) is 0 Å². The van der Waals surface area contributed by atoms with Crippen molar-refractivity contribution in [3.05, 3.63) is 34.4 Å². The van der Waals surface area contributed by atoms with Crippen LogP contribution in [0, 0.1) is 23.5 Å². The molecule has 1 saturated carbocycles. The van der Waals surface area contributed by atoms with Gasteiger partial charge in [-0.25, -0.2) is 8.78 Å². The average Bonchev–Trinajstić information content (AvgIpc) is 2.60. The monoisotopic (exact) mass is 398 g/mol. The summed E-state index contributed by atoms with van der Waals surface area (Å²) in [6.07, 6.45) is 9.26. The van der Waals surface area contributed by atoms with Crippen LogP contribution in [0.5, 0.6) is 0 Å². The van der Waals surface area contributed by atoms with Gasteiger partial charge in [0.05, 0.1) is 8.07 Å². The van der Waals surface area contributed by atoms with Crippen LogP contribution in [0.2, 0.25) is 29.2 Å². The summed E-state index contributed by atoms with van der Waals surface area (Å²) in [4.78, 5) is 0. The van der Waals surface area contributed by atoms with Crippen molar-refractivity contribution < 1.29 is 8.78 Å². The molecule has 3 rings (SSSR count). The highest BCUT2D eigenvalue weighted by molar-refractivity contribution is 6.80. The first-order valence-corrected chi connectivity index (χ1v) is 13.8. The molecule has 1 aliphatic heterocycles. The third-order valence-corrected chi connectivity index (χ3v) is 13.0. The molecule has 1 heterocycles. The Labute approximate surface area is 163 Å². The molecule has 146 valence electrons. The normalized spacial score (nSPS) is 32.8. The average molecular weight is 399 g/mol. The van der Waals surface area contributed by atoms with Gasteiger partial charge in [-0.05, 0) is 60.3 Å². The minimum absolute atomic E-state index is 0.300. The van der Waals surface area contributed by atoms with Gasteiger partial charge in [-0.3, -0.25) is 0 Å². The highest BCUT2D eigenvalue weighted by Crippen LogP contribution is 2.50. The largest absolute Gasteiger partial charge is 0.205 e. The fourth-order valence-corrected chi connectivity index (χ4v) is 10.5. The summed E-state index contributed by atoms with van der Waals surface area (Å²) in [6.45, 7) is 7.28. The van der Waals surface area contributed by atoms with E-state index in [0.717, 1.165) is 35.8 Å². The second-order valence-electron chi connectivity index (χ2n) is 9.57. The van der Waals surface area contributed by atoms with E-state index in [9.17, 15) is 8.78 Å². The van der Waals surface area contributed by atoms with Crippen molar-refractivity contribution in [1.29, 1.82) is 0 Å². The molecule has 1 saturated heterocycles. The topological polar surface area (TPSA) is 0 Å². The Morgan fingerprint density at radius 3 is 2.04 bits per heavy atom. The van der Waals surface area contributed by atoms with E-state index in [1.165, 1.54) is 56.3 Å². The number of hydrogen-bond acceptors (Lipinski definition) is 0. The summed E-state index contributed by atoms with van der Waals surface area (Å²) in [5.41, 5.74) is 1.77. The Balaban J connectivity index is 1.58. The number of benzene rings is 1. The molecule has 0 nitrogen and oxygen atoms in total. The van der Waals surface area contributed by atoms with E-state index >= 15 is 0 Å². The summed E-state index contributed by atoms with van der Waals surface area (Å²) in [6, 6.07) is 5.53. The first-order chi connectivity index (χ1) is 12.3. The zero-order chi connectivity index (χ0) is 18.9. The van der Waals surface area contributed by atoms with Crippen LogP contribution >= 0.6 is 11.6 Å². The predicted octanol–water partition coefficient (Wildman–Crippen LogP) is 8.18. The fraction of sp³-hybridized carbons (Fsp3) is 0.727. The van der Waals surface area contributed by atoms with Gasteiger partial charge in [0.15, 0.2) is 0 Å². The third-order valence-electron chi connectivity index (χ3n) is 7.24. The van der Waals surface area contributed by atoms with Crippen molar-refractivity contribution in [3.63, 3.8) is 0 Å². The van der Waals surface area contributed by atoms with Crippen LogP contribution in [0.15, 0.2) is 12.1 Å². The quantitative estimate of drug-likeness (QED) is 0.354. The molecule has 0 unspecified atom stereocenters. The van der Waals surface area contributed by atoms with Gasteiger partial charge in [-0.1, -0.05) is 69.8 Å². The SMILES string of the molecule is CC(C)CC1CCC([Si]2(C)CCC(c3cc(F)c(Cl)c(F)c3)CC2)CC1. The number of rotatable bonds is 4. The van der Waals surface area contributed by atoms with Gasteiger partial charge in [-0.2, -0.15) is 0 Å². The summed E-state index contributed by atoms with van der Waals surface area (Å²) in [5, 5.41) is -0.373. The maximum atomic E-state index is 13.8.